The lowest BCUT2D eigenvalue weighted by Crippen LogP contribution is -2.15. The lowest BCUT2D eigenvalue weighted by molar-refractivity contribution is 0.0494. The fraction of sp³-hybridized carbons (Fsp3) is 0.619. The highest BCUT2D eigenvalue weighted by Gasteiger charge is 2.20. The number of hydrogen-bond acceptors (Lipinski definition) is 4. The van der Waals surface area contributed by atoms with E-state index in [4.69, 9.17) is 9.47 Å². The summed E-state index contributed by atoms with van der Waals surface area (Å²) in [5.41, 5.74) is 2.38. The molecule has 0 heterocycles. The average Bonchev–Trinajstić information content (AvgIpc) is 2.58. The third-order valence-corrected chi connectivity index (χ3v) is 4.31. The van der Waals surface area contributed by atoms with Crippen LogP contribution in [0, 0.1) is 13.8 Å². The Balaban J connectivity index is 2.70. The number of hydrogen-bond donors (Lipinski definition) is 0. The Morgan fingerprint density at radius 3 is 2.08 bits per heavy atom. The van der Waals surface area contributed by atoms with Crippen LogP contribution in [0.2, 0.25) is 0 Å². The van der Waals surface area contributed by atoms with Crippen molar-refractivity contribution in [3.63, 3.8) is 0 Å². The summed E-state index contributed by atoms with van der Waals surface area (Å²) in [5.74, 6) is -0.728. The third kappa shape index (κ3) is 6.89. The smallest absolute Gasteiger partial charge is 0.338 e. The van der Waals surface area contributed by atoms with Gasteiger partial charge in [0.1, 0.15) is 0 Å². The SMILES string of the molecule is CCCCCCCOC(=O)c1c(C)ccc(C(=O)OCCCC)c1C. The van der Waals surface area contributed by atoms with Gasteiger partial charge >= 0.3 is 11.9 Å². The zero-order chi connectivity index (χ0) is 18.7. The first-order valence-electron chi connectivity index (χ1n) is 9.47. The van der Waals surface area contributed by atoms with Crippen LogP contribution in [0.3, 0.4) is 0 Å². The monoisotopic (exact) mass is 348 g/mol. The van der Waals surface area contributed by atoms with Gasteiger partial charge in [0.25, 0.3) is 0 Å². The minimum Gasteiger partial charge on any atom is -0.462 e. The van der Waals surface area contributed by atoms with E-state index >= 15 is 0 Å². The Bertz CT molecular complexity index is 563. The van der Waals surface area contributed by atoms with Crippen LogP contribution in [0.4, 0.5) is 0 Å². The van der Waals surface area contributed by atoms with Gasteiger partial charge in [-0.1, -0.05) is 52.0 Å². The van der Waals surface area contributed by atoms with E-state index in [9.17, 15) is 9.59 Å². The summed E-state index contributed by atoms with van der Waals surface area (Å²) < 4.78 is 10.7. The lowest BCUT2D eigenvalue weighted by atomic mass is 9.97. The van der Waals surface area contributed by atoms with Crippen molar-refractivity contribution in [1.82, 2.24) is 0 Å². The molecule has 4 heteroatoms. The first-order valence-corrected chi connectivity index (χ1v) is 9.47. The molecular formula is C21H32O4. The molecule has 1 rings (SSSR count). The molecule has 0 atom stereocenters. The van der Waals surface area contributed by atoms with Crippen molar-refractivity contribution in [2.45, 2.75) is 72.6 Å². The van der Waals surface area contributed by atoms with E-state index < -0.39 is 0 Å². The number of carbonyl (C=O) groups is 2. The number of carbonyl (C=O) groups excluding carboxylic acids is 2. The maximum Gasteiger partial charge on any atom is 0.338 e. The second-order valence-corrected chi connectivity index (χ2v) is 6.47. The van der Waals surface area contributed by atoms with E-state index in [1.807, 2.05) is 13.8 Å². The lowest BCUT2D eigenvalue weighted by Gasteiger charge is -2.13. The Kier molecular flexibility index (Phi) is 9.90. The van der Waals surface area contributed by atoms with Gasteiger partial charge < -0.3 is 9.47 Å². The molecule has 0 radical (unpaired) electrons. The molecule has 0 aliphatic rings. The number of rotatable bonds is 11. The van der Waals surface area contributed by atoms with E-state index in [0.717, 1.165) is 31.2 Å². The maximum absolute atomic E-state index is 12.4. The molecule has 0 saturated carbocycles. The highest BCUT2D eigenvalue weighted by Crippen LogP contribution is 2.20. The van der Waals surface area contributed by atoms with Crippen molar-refractivity contribution < 1.29 is 19.1 Å². The second kappa shape index (κ2) is 11.7. The van der Waals surface area contributed by atoms with E-state index in [-0.39, 0.29) is 11.9 Å². The van der Waals surface area contributed by atoms with Crippen molar-refractivity contribution in [1.29, 1.82) is 0 Å². The number of ether oxygens (including phenoxy) is 2. The number of aryl methyl sites for hydroxylation is 1. The van der Waals surface area contributed by atoms with Gasteiger partial charge in [-0.25, -0.2) is 9.59 Å². The van der Waals surface area contributed by atoms with Crippen LogP contribution in [0.1, 0.15) is 90.6 Å². The normalized spacial score (nSPS) is 10.6. The van der Waals surface area contributed by atoms with Crippen LogP contribution >= 0.6 is 0 Å². The van der Waals surface area contributed by atoms with Crippen molar-refractivity contribution in [3.05, 3.63) is 34.4 Å². The van der Waals surface area contributed by atoms with Crippen molar-refractivity contribution in [3.8, 4) is 0 Å². The quantitative estimate of drug-likeness (QED) is 0.397. The fourth-order valence-electron chi connectivity index (χ4n) is 2.71. The molecular weight excluding hydrogens is 316 g/mol. The van der Waals surface area contributed by atoms with E-state index in [2.05, 4.69) is 6.92 Å². The third-order valence-electron chi connectivity index (χ3n) is 4.31. The molecule has 0 aromatic heterocycles. The highest BCUT2D eigenvalue weighted by molar-refractivity contribution is 5.99. The van der Waals surface area contributed by atoms with Crippen LogP contribution < -0.4 is 0 Å². The molecule has 0 fully saturated rings. The molecule has 1 aromatic carbocycles. The number of unbranched alkanes of at least 4 members (excludes halogenated alkanes) is 5. The van der Waals surface area contributed by atoms with Crippen LogP contribution in [-0.2, 0) is 9.47 Å². The summed E-state index contributed by atoms with van der Waals surface area (Å²) in [6.07, 6.45) is 7.34. The van der Waals surface area contributed by atoms with E-state index in [1.54, 1.807) is 19.1 Å². The molecule has 0 aliphatic carbocycles. The first kappa shape index (κ1) is 21.2. The minimum atomic E-state index is -0.375. The zero-order valence-electron chi connectivity index (χ0n) is 16.2. The molecule has 140 valence electrons. The number of esters is 2. The molecule has 0 unspecified atom stereocenters. The Morgan fingerprint density at radius 1 is 0.800 bits per heavy atom. The van der Waals surface area contributed by atoms with Gasteiger partial charge in [-0.15, -0.1) is 0 Å². The van der Waals surface area contributed by atoms with Crippen LogP contribution in [0.15, 0.2) is 12.1 Å². The molecule has 0 amide bonds. The van der Waals surface area contributed by atoms with Crippen molar-refractivity contribution in [2.75, 3.05) is 13.2 Å². The van der Waals surface area contributed by atoms with Gasteiger partial charge in [0, 0.05) is 0 Å². The molecule has 0 N–H and O–H groups in total. The molecule has 0 bridgehead atoms. The predicted octanol–water partition coefficient (Wildman–Crippen LogP) is 5.39. The van der Waals surface area contributed by atoms with E-state index in [0.29, 0.717) is 29.9 Å². The first-order chi connectivity index (χ1) is 12.0. The summed E-state index contributed by atoms with van der Waals surface area (Å²) in [6.45, 7) is 8.68. The maximum atomic E-state index is 12.4. The van der Waals surface area contributed by atoms with Crippen molar-refractivity contribution >= 4 is 11.9 Å². The average molecular weight is 348 g/mol. The predicted molar refractivity (Wildman–Crippen MR) is 100 cm³/mol. The molecule has 0 spiro atoms. The standard InChI is InChI=1S/C21H32O4/c1-5-7-9-10-11-15-25-21(23)19-16(3)12-13-18(17(19)4)20(22)24-14-8-6-2/h12-13H,5-11,14-15H2,1-4H3. The van der Waals surface area contributed by atoms with Gasteiger partial charge in [-0.2, -0.15) is 0 Å². The molecule has 4 nitrogen and oxygen atoms in total. The van der Waals surface area contributed by atoms with Gasteiger partial charge in [-0.3, -0.25) is 0 Å². The largest absolute Gasteiger partial charge is 0.462 e. The topological polar surface area (TPSA) is 52.6 Å². The van der Waals surface area contributed by atoms with Gasteiger partial charge in [0.05, 0.1) is 24.3 Å². The highest BCUT2D eigenvalue weighted by atomic mass is 16.5. The zero-order valence-corrected chi connectivity index (χ0v) is 16.2. The summed E-state index contributed by atoms with van der Waals surface area (Å²) >= 11 is 0. The summed E-state index contributed by atoms with van der Waals surface area (Å²) in [7, 11) is 0. The molecule has 0 saturated heterocycles. The Labute approximate surface area is 151 Å². The van der Waals surface area contributed by atoms with Crippen LogP contribution in [0.25, 0.3) is 0 Å². The van der Waals surface area contributed by atoms with Crippen LogP contribution in [-0.4, -0.2) is 25.2 Å². The van der Waals surface area contributed by atoms with E-state index in [1.165, 1.54) is 19.3 Å². The molecule has 1 aromatic rings. The Morgan fingerprint density at radius 2 is 1.40 bits per heavy atom. The van der Waals surface area contributed by atoms with Gasteiger partial charge in [-0.05, 0) is 43.9 Å². The Hall–Kier alpha value is -1.84. The van der Waals surface area contributed by atoms with Crippen molar-refractivity contribution in [2.24, 2.45) is 0 Å². The molecule has 0 aliphatic heterocycles. The minimum absolute atomic E-state index is 0.353. The second-order valence-electron chi connectivity index (χ2n) is 6.47. The van der Waals surface area contributed by atoms with Gasteiger partial charge in [0.2, 0.25) is 0 Å². The fourth-order valence-corrected chi connectivity index (χ4v) is 2.71. The van der Waals surface area contributed by atoms with Gasteiger partial charge in [0.15, 0.2) is 0 Å². The van der Waals surface area contributed by atoms with Crippen LogP contribution in [0.5, 0.6) is 0 Å². The summed E-state index contributed by atoms with van der Waals surface area (Å²) in [6, 6.07) is 3.50. The summed E-state index contributed by atoms with van der Waals surface area (Å²) in [5, 5.41) is 0. The number of benzene rings is 1. The molecule has 25 heavy (non-hydrogen) atoms. The summed E-state index contributed by atoms with van der Waals surface area (Å²) in [4.78, 5) is 24.6.